The zero-order valence-corrected chi connectivity index (χ0v) is 10.0. The first-order valence-electron chi connectivity index (χ1n) is 5.70. The molecule has 1 aliphatic heterocycles. The smallest absolute Gasteiger partial charge is 0.321 e. The second-order valence-electron chi connectivity index (χ2n) is 4.01. The second-order valence-corrected chi connectivity index (χ2v) is 4.01. The number of carbonyl (C=O) groups is 3. The molecular weight excluding hydrogens is 238 g/mol. The minimum absolute atomic E-state index is 0.0848. The number of rotatable bonds is 5. The average Bonchev–Trinajstić information content (AvgIpc) is 2.74. The van der Waals surface area contributed by atoms with Crippen LogP contribution in [0.2, 0.25) is 0 Å². The van der Waals surface area contributed by atoms with Crippen molar-refractivity contribution >= 4 is 17.9 Å². The topological polar surface area (TPSA) is 98.7 Å². The quantitative estimate of drug-likeness (QED) is 0.578. The molecule has 1 aliphatic rings. The van der Waals surface area contributed by atoms with E-state index >= 15 is 0 Å². The largest absolute Gasteiger partial charge is 0.480 e. The number of aliphatic carboxylic acids is 1. The van der Waals surface area contributed by atoms with E-state index in [1.165, 1.54) is 6.08 Å². The van der Waals surface area contributed by atoms with Crippen molar-refractivity contribution in [3.63, 3.8) is 0 Å². The van der Waals surface area contributed by atoms with Gasteiger partial charge in [0.25, 0.3) is 0 Å². The highest BCUT2D eigenvalue weighted by molar-refractivity contribution is 5.95. The zero-order valence-electron chi connectivity index (χ0n) is 10.0. The van der Waals surface area contributed by atoms with Crippen molar-refractivity contribution in [2.75, 3.05) is 19.6 Å². The fraction of sp³-hybridized carbons (Fsp3) is 0.545. The Kier molecular flexibility index (Phi) is 5.31. The Balaban J connectivity index is 2.37. The highest BCUT2D eigenvalue weighted by Crippen LogP contribution is 2.16. The van der Waals surface area contributed by atoms with Gasteiger partial charge in [0.05, 0.1) is 6.54 Å². The number of carboxylic acid groups (broad SMARTS) is 1. The average molecular weight is 255 g/mol. The third kappa shape index (κ3) is 4.17. The Bertz CT molecular complexity index is 356. The molecule has 7 heteroatoms. The fourth-order valence-corrected chi connectivity index (χ4v) is 1.85. The van der Waals surface area contributed by atoms with Gasteiger partial charge in [-0.2, -0.15) is 0 Å². The van der Waals surface area contributed by atoms with Gasteiger partial charge in [0.15, 0.2) is 0 Å². The molecule has 0 radical (unpaired) electrons. The van der Waals surface area contributed by atoms with E-state index < -0.39 is 23.9 Å². The zero-order chi connectivity index (χ0) is 13.5. The number of hydrogen-bond donors (Lipinski definition) is 3. The Morgan fingerprint density at radius 2 is 2.17 bits per heavy atom. The molecule has 1 saturated heterocycles. The van der Waals surface area contributed by atoms with E-state index in [1.807, 2.05) is 0 Å². The van der Waals surface area contributed by atoms with Gasteiger partial charge in [-0.15, -0.1) is 6.58 Å². The number of likely N-dealkylation sites (tertiary alicyclic amines) is 1. The monoisotopic (exact) mass is 255 g/mol. The van der Waals surface area contributed by atoms with Crippen LogP contribution in [0.1, 0.15) is 12.8 Å². The standard InChI is InChI=1S/C11H17N3O4/c1-2-5-12-11(18)13-9(15)7-14-6-3-4-8(14)10(16)17/h2,8H,1,3-7H2,(H,16,17)(H2,12,13,15,18). The Hall–Kier alpha value is -1.89. The van der Waals surface area contributed by atoms with Crippen LogP contribution in [0.25, 0.3) is 0 Å². The molecule has 0 spiro atoms. The van der Waals surface area contributed by atoms with E-state index in [0.29, 0.717) is 13.0 Å². The van der Waals surface area contributed by atoms with Crippen LogP contribution in [-0.4, -0.2) is 53.6 Å². The highest BCUT2D eigenvalue weighted by atomic mass is 16.4. The van der Waals surface area contributed by atoms with Crippen LogP contribution in [0, 0.1) is 0 Å². The minimum Gasteiger partial charge on any atom is -0.480 e. The summed E-state index contributed by atoms with van der Waals surface area (Å²) >= 11 is 0. The minimum atomic E-state index is -0.934. The Labute approximate surface area is 105 Å². The van der Waals surface area contributed by atoms with Crippen LogP contribution in [0.3, 0.4) is 0 Å². The van der Waals surface area contributed by atoms with E-state index in [4.69, 9.17) is 5.11 Å². The van der Waals surface area contributed by atoms with Crippen molar-refractivity contribution < 1.29 is 19.5 Å². The molecule has 1 rings (SSSR count). The van der Waals surface area contributed by atoms with Crippen LogP contribution >= 0.6 is 0 Å². The first kappa shape index (κ1) is 14.2. The van der Waals surface area contributed by atoms with Crippen molar-refractivity contribution in [1.82, 2.24) is 15.5 Å². The number of nitrogens with one attached hydrogen (secondary N) is 2. The molecule has 0 saturated carbocycles. The maximum Gasteiger partial charge on any atom is 0.321 e. The molecule has 0 aromatic carbocycles. The molecule has 1 fully saturated rings. The predicted octanol–water partition coefficient (Wildman–Crippen LogP) is -0.453. The maximum absolute atomic E-state index is 11.5. The summed E-state index contributed by atoms with van der Waals surface area (Å²) in [4.78, 5) is 35.1. The molecule has 1 heterocycles. The summed E-state index contributed by atoms with van der Waals surface area (Å²) in [7, 11) is 0. The van der Waals surface area contributed by atoms with Crippen molar-refractivity contribution in [2.45, 2.75) is 18.9 Å². The van der Waals surface area contributed by atoms with E-state index in [-0.39, 0.29) is 13.1 Å². The Morgan fingerprint density at radius 3 is 2.78 bits per heavy atom. The van der Waals surface area contributed by atoms with Crippen molar-refractivity contribution in [3.05, 3.63) is 12.7 Å². The van der Waals surface area contributed by atoms with Crippen LogP contribution < -0.4 is 10.6 Å². The molecule has 3 N–H and O–H groups in total. The van der Waals surface area contributed by atoms with Gasteiger partial charge >= 0.3 is 12.0 Å². The van der Waals surface area contributed by atoms with Gasteiger partial charge in [-0.1, -0.05) is 6.08 Å². The van der Waals surface area contributed by atoms with Crippen molar-refractivity contribution in [2.24, 2.45) is 0 Å². The normalized spacial score (nSPS) is 19.2. The number of urea groups is 1. The van der Waals surface area contributed by atoms with Gasteiger partial charge in [-0.05, 0) is 19.4 Å². The van der Waals surface area contributed by atoms with Crippen LogP contribution in [0.15, 0.2) is 12.7 Å². The molecule has 0 aromatic rings. The number of nitrogens with zero attached hydrogens (tertiary/aromatic N) is 1. The first-order chi connectivity index (χ1) is 8.54. The van der Waals surface area contributed by atoms with E-state index in [9.17, 15) is 14.4 Å². The molecule has 0 aromatic heterocycles. The second kappa shape index (κ2) is 6.75. The Morgan fingerprint density at radius 1 is 1.44 bits per heavy atom. The SMILES string of the molecule is C=CCNC(=O)NC(=O)CN1CCCC1C(=O)O. The molecule has 1 unspecified atom stereocenters. The summed E-state index contributed by atoms with van der Waals surface area (Å²) in [6.45, 7) is 4.16. The fourth-order valence-electron chi connectivity index (χ4n) is 1.85. The van der Waals surface area contributed by atoms with Gasteiger partial charge in [-0.3, -0.25) is 19.8 Å². The summed E-state index contributed by atoms with van der Waals surface area (Å²) in [6.07, 6.45) is 2.77. The van der Waals surface area contributed by atoms with Crippen LogP contribution in [0.4, 0.5) is 4.79 Å². The van der Waals surface area contributed by atoms with E-state index in [2.05, 4.69) is 17.2 Å². The maximum atomic E-state index is 11.5. The lowest BCUT2D eigenvalue weighted by Gasteiger charge is -2.19. The number of carboxylic acids is 1. The lowest BCUT2D eigenvalue weighted by atomic mass is 10.2. The lowest BCUT2D eigenvalue weighted by Crippen LogP contribution is -2.47. The number of imide groups is 1. The van der Waals surface area contributed by atoms with Crippen LogP contribution in [0.5, 0.6) is 0 Å². The molecule has 3 amide bonds. The van der Waals surface area contributed by atoms with Gasteiger partial charge in [0.1, 0.15) is 6.04 Å². The molecule has 0 aliphatic carbocycles. The van der Waals surface area contributed by atoms with Gasteiger partial charge in [-0.25, -0.2) is 4.79 Å². The van der Waals surface area contributed by atoms with Gasteiger partial charge in [0, 0.05) is 6.54 Å². The van der Waals surface area contributed by atoms with Gasteiger partial charge < -0.3 is 10.4 Å². The predicted molar refractivity (Wildman–Crippen MR) is 64.0 cm³/mol. The van der Waals surface area contributed by atoms with Crippen LogP contribution in [-0.2, 0) is 9.59 Å². The van der Waals surface area contributed by atoms with E-state index in [0.717, 1.165) is 6.42 Å². The van der Waals surface area contributed by atoms with Gasteiger partial charge in [0.2, 0.25) is 5.91 Å². The summed E-state index contributed by atoms with van der Waals surface area (Å²) in [5.41, 5.74) is 0. The third-order valence-electron chi connectivity index (χ3n) is 2.66. The molecule has 7 nitrogen and oxygen atoms in total. The molecule has 18 heavy (non-hydrogen) atoms. The highest BCUT2D eigenvalue weighted by Gasteiger charge is 2.31. The first-order valence-corrected chi connectivity index (χ1v) is 5.70. The number of amides is 3. The molecule has 100 valence electrons. The summed E-state index contributed by atoms with van der Waals surface area (Å²) in [5, 5.41) is 13.5. The number of hydrogen-bond acceptors (Lipinski definition) is 4. The van der Waals surface area contributed by atoms with E-state index in [1.54, 1.807) is 4.90 Å². The summed E-state index contributed by atoms with van der Waals surface area (Å²) in [6, 6.07) is -1.24. The summed E-state index contributed by atoms with van der Waals surface area (Å²) < 4.78 is 0. The lowest BCUT2D eigenvalue weighted by molar-refractivity contribution is -0.142. The molecule has 1 atom stereocenters. The van der Waals surface area contributed by atoms with Crippen molar-refractivity contribution in [3.8, 4) is 0 Å². The third-order valence-corrected chi connectivity index (χ3v) is 2.66. The summed E-state index contributed by atoms with van der Waals surface area (Å²) in [5.74, 6) is -1.44. The van der Waals surface area contributed by atoms with Crippen molar-refractivity contribution in [1.29, 1.82) is 0 Å². The molecule has 0 bridgehead atoms. The molecular formula is C11H17N3O4. The number of carbonyl (C=O) groups excluding carboxylic acids is 2.